The summed E-state index contributed by atoms with van der Waals surface area (Å²) in [5.74, 6) is 0.244. The van der Waals surface area contributed by atoms with E-state index in [-0.39, 0.29) is 5.91 Å². The lowest BCUT2D eigenvalue weighted by atomic mass is 10.1. The van der Waals surface area contributed by atoms with Crippen LogP contribution in [-0.2, 0) is 11.2 Å². The highest BCUT2D eigenvalue weighted by Crippen LogP contribution is 2.28. The number of benzene rings is 1. The number of likely N-dealkylation sites (tertiary alicyclic amines) is 1. The Bertz CT molecular complexity index is 488. The molecule has 0 spiro atoms. The molecule has 2 aliphatic heterocycles. The fraction of sp³-hybridized carbons (Fsp3) is 0.562. The van der Waals surface area contributed by atoms with E-state index in [4.69, 9.17) is 11.6 Å². The largest absolute Gasteiger partial charge is 0.341 e. The molecule has 1 aromatic carbocycles. The summed E-state index contributed by atoms with van der Waals surface area (Å²) in [5.41, 5.74) is 1.04. The average molecular weight is 293 g/mol. The molecule has 3 rings (SSSR count). The van der Waals surface area contributed by atoms with Crippen LogP contribution in [0, 0.1) is 0 Å². The van der Waals surface area contributed by atoms with E-state index in [1.807, 2.05) is 24.3 Å². The van der Waals surface area contributed by atoms with Gasteiger partial charge in [-0.25, -0.2) is 0 Å². The molecule has 2 heterocycles. The Balaban J connectivity index is 1.64. The van der Waals surface area contributed by atoms with E-state index in [1.54, 1.807) is 0 Å². The van der Waals surface area contributed by atoms with E-state index >= 15 is 0 Å². The molecule has 2 atom stereocenters. The molecule has 0 N–H and O–H groups in total. The van der Waals surface area contributed by atoms with Crippen molar-refractivity contribution in [3.05, 3.63) is 34.9 Å². The number of halogens is 1. The van der Waals surface area contributed by atoms with Gasteiger partial charge in [0.1, 0.15) is 0 Å². The van der Waals surface area contributed by atoms with E-state index in [0.29, 0.717) is 18.5 Å². The Morgan fingerprint density at radius 2 is 1.90 bits per heavy atom. The third-order valence-electron chi connectivity index (χ3n) is 4.77. The van der Waals surface area contributed by atoms with Crippen LogP contribution in [0.5, 0.6) is 0 Å². The number of carbonyl (C=O) groups excluding carboxylic acids is 1. The molecule has 4 heteroatoms. The van der Waals surface area contributed by atoms with Crippen LogP contribution in [0.2, 0.25) is 5.02 Å². The topological polar surface area (TPSA) is 23.6 Å². The van der Waals surface area contributed by atoms with Crippen molar-refractivity contribution in [2.75, 3.05) is 20.1 Å². The second-order valence-corrected chi connectivity index (χ2v) is 6.42. The first-order valence-electron chi connectivity index (χ1n) is 7.37. The van der Waals surface area contributed by atoms with Crippen LogP contribution < -0.4 is 0 Å². The summed E-state index contributed by atoms with van der Waals surface area (Å²) in [4.78, 5) is 17.0. The van der Waals surface area contributed by atoms with Crippen LogP contribution >= 0.6 is 11.6 Å². The zero-order valence-corrected chi connectivity index (χ0v) is 12.6. The number of hydrogen-bond acceptors (Lipinski definition) is 2. The minimum absolute atomic E-state index is 0.244. The van der Waals surface area contributed by atoms with Gasteiger partial charge in [-0.2, -0.15) is 0 Å². The molecule has 2 fully saturated rings. The number of rotatable bonds is 2. The number of carbonyl (C=O) groups is 1. The van der Waals surface area contributed by atoms with Gasteiger partial charge in [-0.3, -0.25) is 9.69 Å². The van der Waals surface area contributed by atoms with Crippen molar-refractivity contribution in [1.29, 1.82) is 0 Å². The Morgan fingerprint density at radius 1 is 1.20 bits per heavy atom. The van der Waals surface area contributed by atoms with Crippen LogP contribution in [-0.4, -0.2) is 47.9 Å². The summed E-state index contributed by atoms with van der Waals surface area (Å²) >= 11 is 5.88. The van der Waals surface area contributed by atoms with Crippen LogP contribution in [0.1, 0.15) is 24.8 Å². The molecule has 1 amide bonds. The summed E-state index contributed by atoms with van der Waals surface area (Å²) in [6.07, 6.45) is 4.11. The molecule has 0 radical (unpaired) electrons. The molecular formula is C16H21ClN2O. The van der Waals surface area contributed by atoms with Crippen molar-refractivity contribution in [1.82, 2.24) is 9.80 Å². The van der Waals surface area contributed by atoms with Gasteiger partial charge in [0.15, 0.2) is 0 Å². The summed E-state index contributed by atoms with van der Waals surface area (Å²) in [6, 6.07) is 8.81. The second-order valence-electron chi connectivity index (χ2n) is 5.98. The maximum Gasteiger partial charge on any atom is 0.227 e. The Hall–Kier alpha value is -1.06. The van der Waals surface area contributed by atoms with Crippen LogP contribution in [0.4, 0.5) is 0 Å². The molecular weight excluding hydrogens is 272 g/mol. The molecule has 2 bridgehead atoms. The molecule has 108 valence electrons. The number of likely N-dealkylation sites (N-methyl/N-ethyl adjacent to an activating group) is 1. The lowest BCUT2D eigenvalue weighted by Crippen LogP contribution is -2.40. The summed E-state index contributed by atoms with van der Waals surface area (Å²) in [7, 11) is 2.20. The highest BCUT2D eigenvalue weighted by atomic mass is 35.5. The third kappa shape index (κ3) is 2.84. The zero-order chi connectivity index (χ0) is 14.1. The molecule has 0 saturated carbocycles. The number of hydrogen-bond donors (Lipinski definition) is 0. The molecule has 2 aliphatic rings. The summed E-state index contributed by atoms with van der Waals surface area (Å²) in [6.45, 7) is 1.79. The van der Waals surface area contributed by atoms with Gasteiger partial charge in [0, 0.05) is 30.2 Å². The van der Waals surface area contributed by atoms with Crippen molar-refractivity contribution >= 4 is 17.5 Å². The summed E-state index contributed by atoms with van der Waals surface area (Å²) < 4.78 is 0. The molecule has 0 aliphatic carbocycles. The Kier molecular flexibility index (Phi) is 3.99. The van der Waals surface area contributed by atoms with Crippen molar-refractivity contribution in [3.63, 3.8) is 0 Å². The predicted molar refractivity (Wildman–Crippen MR) is 80.9 cm³/mol. The zero-order valence-electron chi connectivity index (χ0n) is 11.9. The van der Waals surface area contributed by atoms with Crippen molar-refractivity contribution in [3.8, 4) is 0 Å². The molecule has 1 aromatic rings. The highest BCUT2D eigenvalue weighted by Gasteiger charge is 2.35. The van der Waals surface area contributed by atoms with Crippen LogP contribution in [0.15, 0.2) is 24.3 Å². The quantitative estimate of drug-likeness (QED) is 0.836. The highest BCUT2D eigenvalue weighted by molar-refractivity contribution is 6.30. The first-order valence-corrected chi connectivity index (χ1v) is 7.75. The average Bonchev–Trinajstić information content (AvgIpc) is 2.66. The normalized spacial score (nSPS) is 26.6. The van der Waals surface area contributed by atoms with E-state index in [0.717, 1.165) is 30.1 Å². The Labute approximate surface area is 125 Å². The number of amides is 1. The first-order chi connectivity index (χ1) is 9.63. The van der Waals surface area contributed by atoms with Crippen molar-refractivity contribution in [2.24, 2.45) is 0 Å². The van der Waals surface area contributed by atoms with Gasteiger partial charge >= 0.3 is 0 Å². The maximum absolute atomic E-state index is 12.5. The molecule has 2 saturated heterocycles. The molecule has 20 heavy (non-hydrogen) atoms. The van der Waals surface area contributed by atoms with Crippen LogP contribution in [0.25, 0.3) is 0 Å². The SMILES string of the molecule is CN1C2CCC1CN(C(=O)Cc1ccc(Cl)cc1)CC2. The number of nitrogens with zero attached hydrogens (tertiary/aromatic N) is 2. The minimum Gasteiger partial charge on any atom is -0.341 e. The second kappa shape index (κ2) is 5.74. The fourth-order valence-electron chi connectivity index (χ4n) is 3.42. The lowest BCUT2D eigenvalue weighted by Gasteiger charge is -2.26. The Morgan fingerprint density at radius 3 is 2.65 bits per heavy atom. The van der Waals surface area contributed by atoms with Gasteiger partial charge in [0.25, 0.3) is 0 Å². The van der Waals surface area contributed by atoms with Gasteiger partial charge in [-0.15, -0.1) is 0 Å². The minimum atomic E-state index is 0.244. The van der Waals surface area contributed by atoms with Gasteiger partial charge in [0.05, 0.1) is 6.42 Å². The van der Waals surface area contributed by atoms with Gasteiger partial charge in [-0.1, -0.05) is 23.7 Å². The number of fused-ring (bicyclic) bond motifs is 2. The monoisotopic (exact) mass is 292 g/mol. The molecule has 0 aromatic heterocycles. The molecule has 2 unspecified atom stereocenters. The fourth-order valence-corrected chi connectivity index (χ4v) is 3.55. The third-order valence-corrected chi connectivity index (χ3v) is 5.02. The van der Waals surface area contributed by atoms with Crippen molar-refractivity contribution < 1.29 is 4.79 Å². The van der Waals surface area contributed by atoms with E-state index in [9.17, 15) is 4.79 Å². The van der Waals surface area contributed by atoms with Gasteiger partial charge in [-0.05, 0) is 44.0 Å². The standard InChI is InChI=1S/C16H21ClN2O/c1-18-14-6-7-15(18)11-19(9-8-14)16(20)10-12-2-4-13(17)5-3-12/h2-5,14-15H,6-11H2,1H3. The predicted octanol–water partition coefficient (Wildman–Crippen LogP) is 2.58. The van der Waals surface area contributed by atoms with E-state index in [1.165, 1.54) is 12.8 Å². The van der Waals surface area contributed by atoms with E-state index < -0.39 is 0 Å². The van der Waals surface area contributed by atoms with Gasteiger partial charge < -0.3 is 4.90 Å². The van der Waals surface area contributed by atoms with Crippen molar-refractivity contribution in [2.45, 2.75) is 37.8 Å². The van der Waals surface area contributed by atoms with Crippen LogP contribution in [0.3, 0.4) is 0 Å². The molecule has 3 nitrogen and oxygen atoms in total. The summed E-state index contributed by atoms with van der Waals surface area (Å²) in [5, 5.41) is 0.718. The lowest BCUT2D eigenvalue weighted by molar-refractivity contribution is -0.130. The smallest absolute Gasteiger partial charge is 0.227 e. The maximum atomic E-state index is 12.5. The van der Waals surface area contributed by atoms with E-state index in [2.05, 4.69) is 16.8 Å². The first kappa shape index (κ1) is 13.9. The van der Waals surface area contributed by atoms with Gasteiger partial charge in [0.2, 0.25) is 5.91 Å².